The molecule has 2 unspecified atom stereocenters. The Labute approximate surface area is 67.7 Å². The first kappa shape index (κ1) is 9.77. The van der Waals surface area contributed by atoms with E-state index in [9.17, 15) is 17.6 Å². The SMILES string of the molecule is FC1CCCC(OC(F)(F)F)C1. The summed E-state index contributed by atoms with van der Waals surface area (Å²) in [6.45, 7) is 0. The first-order valence-corrected chi connectivity index (χ1v) is 3.86. The molecule has 0 aromatic rings. The summed E-state index contributed by atoms with van der Waals surface area (Å²) < 4.78 is 51.1. The molecule has 12 heavy (non-hydrogen) atoms. The third-order valence-electron chi connectivity index (χ3n) is 1.86. The maximum atomic E-state index is 12.6. The number of ether oxygens (including phenoxy) is 1. The lowest BCUT2D eigenvalue weighted by Crippen LogP contribution is -2.29. The molecule has 72 valence electrons. The Bertz CT molecular complexity index is 145. The Kier molecular flexibility index (Phi) is 2.93. The summed E-state index contributed by atoms with van der Waals surface area (Å²) >= 11 is 0. The summed E-state index contributed by atoms with van der Waals surface area (Å²) in [5.74, 6) is 0. The van der Waals surface area contributed by atoms with Crippen LogP contribution in [0.25, 0.3) is 0 Å². The maximum Gasteiger partial charge on any atom is 0.522 e. The van der Waals surface area contributed by atoms with Crippen molar-refractivity contribution < 1.29 is 22.3 Å². The van der Waals surface area contributed by atoms with Crippen LogP contribution in [0.3, 0.4) is 0 Å². The normalized spacial score (nSPS) is 32.0. The van der Waals surface area contributed by atoms with E-state index in [0.29, 0.717) is 19.3 Å². The zero-order valence-corrected chi connectivity index (χ0v) is 6.40. The molecule has 0 amide bonds. The fourth-order valence-corrected chi connectivity index (χ4v) is 1.38. The minimum absolute atomic E-state index is 0.125. The Morgan fingerprint density at radius 3 is 2.33 bits per heavy atom. The van der Waals surface area contributed by atoms with Crippen molar-refractivity contribution in [2.75, 3.05) is 0 Å². The van der Waals surface area contributed by atoms with Gasteiger partial charge in [0.05, 0.1) is 6.10 Å². The van der Waals surface area contributed by atoms with E-state index < -0.39 is 18.6 Å². The van der Waals surface area contributed by atoms with Gasteiger partial charge in [0, 0.05) is 6.42 Å². The molecule has 0 heterocycles. The first-order valence-electron chi connectivity index (χ1n) is 3.86. The van der Waals surface area contributed by atoms with E-state index in [1.165, 1.54) is 0 Å². The molecular formula is C7H10F4O. The number of rotatable bonds is 1. The molecule has 1 aliphatic carbocycles. The predicted molar refractivity (Wildman–Crippen MR) is 34.3 cm³/mol. The standard InChI is InChI=1S/C7H10F4O/c8-5-2-1-3-6(4-5)12-7(9,10)11/h5-6H,1-4H2. The van der Waals surface area contributed by atoms with Gasteiger partial charge < -0.3 is 0 Å². The number of halogens is 4. The monoisotopic (exact) mass is 186 g/mol. The van der Waals surface area contributed by atoms with Gasteiger partial charge in [-0.05, 0) is 19.3 Å². The van der Waals surface area contributed by atoms with Crippen LogP contribution in [0.15, 0.2) is 0 Å². The van der Waals surface area contributed by atoms with Crippen molar-refractivity contribution in [3.8, 4) is 0 Å². The highest BCUT2D eigenvalue weighted by molar-refractivity contribution is 4.72. The second-order valence-corrected chi connectivity index (χ2v) is 2.95. The van der Waals surface area contributed by atoms with E-state index in [-0.39, 0.29) is 6.42 Å². The van der Waals surface area contributed by atoms with E-state index in [2.05, 4.69) is 4.74 Å². The van der Waals surface area contributed by atoms with Gasteiger partial charge in [0.1, 0.15) is 6.17 Å². The molecule has 1 rings (SSSR count). The highest BCUT2D eigenvalue weighted by atomic mass is 19.4. The Morgan fingerprint density at radius 2 is 1.83 bits per heavy atom. The molecule has 0 radical (unpaired) electrons. The topological polar surface area (TPSA) is 9.23 Å². The molecular weight excluding hydrogens is 176 g/mol. The van der Waals surface area contributed by atoms with Crippen LogP contribution in [-0.2, 0) is 4.74 Å². The Balaban J connectivity index is 2.32. The van der Waals surface area contributed by atoms with Crippen molar-refractivity contribution in [2.24, 2.45) is 0 Å². The minimum atomic E-state index is -4.62. The molecule has 1 fully saturated rings. The van der Waals surface area contributed by atoms with Gasteiger partial charge in [0.15, 0.2) is 0 Å². The highest BCUT2D eigenvalue weighted by Gasteiger charge is 2.35. The van der Waals surface area contributed by atoms with Crippen LogP contribution in [0.4, 0.5) is 17.6 Å². The second kappa shape index (κ2) is 3.60. The van der Waals surface area contributed by atoms with E-state index in [1.54, 1.807) is 0 Å². The van der Waals surface area contributed by atoms with Gasteiger partial charge in [-0.15, -0.1) is 13.2 Å². The lowest BCUT2D eigenvalue weighted by molar-refractivity contribution is -0.346. The van der Waals surface area contributed by atoms with Crippen molar-refractivity contribution in [1.29, 1.82) is 0 Å². The van der Waals surface area contributed by atoms with Gasteiger partial charge in [-0.1, -0.05) is 0 Å². The smallest absolute Gasteiger partial charge is 0.288 e. The van der Waals surface area contributed by atoms with Crippen molar-refractivity contribution in [3.63, 3.8) is 0 Å². The number of alkyl halides is 4. The first-order chi connectivity index (χ1) is 5.47. The van der Waals surface area contributed by atoms with Crippen LogP contribution in [0.5, 0.6) is 0 Å². The van der Waals surface area contributed by atoms with Crippen LogP contribution >= 0.6 is 0 Å². The molecule has 0 aromatic heterocycles. The quantitative estimate of drug-likeness (QED) is 0.572. The van der Waals surface area contributed by atoms with Gasteiger partial charge in [-0.3, -0.25) is 4.74 Å². The average molecular weight is 186 g/mol. The molecule has 0 aliphatic heterocycles. The second-order valence-electron chi connectivity index (χ2n) is 2.95. The zero-order valence-electron chi connectivity index (χ0n) is 6.40. The van der Waals surface area contributed by atoms with Gasteiger partial charge >= 0.3 is 6.36 Å². The summed E-state index contributed by atoms with van der Waals surface area (Å²) in [6.07, 6.45) is -5.72. The predicted octanol–water partition coefficient (Wildman–Crippen LogP) is 2.80. The number of hydrogen-bond donors (Lipinski definition) is 0. The molecule has 0 spiro atoms. The zero-order chi connectivity index (χ0) is 9.19. The summed E-state index contributed by atoms with van der Waals surface area (Å²) in [5.41, 5.74) is 0. The molecule has 5 heteroatoms. The van der Waals surface area contributed by atoms with Crippen molar-refractivity contribution in [2.45, 2.75) is 44.3 Å². The molecule has 0 N–H and O–H groups in total. The minimum Gasteiger partial charge on any atom is -0.288 e. The molecule has 0 aromatic carbocycles. The van der Waals surface area contributed by atoms with E-state index >= 15 is 0 Å². The van der Waals surface area contributed by atoms with Gasteiger partial charge in [-0.25, -0.2) is 4.39 Å². The summed E-state index contributed by atoms with van der Waals surface area (Å²) in [6, 6.07) is 0. The van der Waals surface area contributed by atoms with Crippen LogP contribution in [0.2, 0.25) is 0 Å². The number of hydrogen-bond acceptors (Lipinski definition) is 1. The molecule has 2 atom stereocenters. The van der Waals surface area contributed by atoms with Gasteiger partial charge in [0.25, 0.3) is 0 Å². The largest absolute Gasteiger partial charge is 0.522 e. The Morgan fingerprint density at radius 1 is 1.17 bits per heavy atom. The fourth-order valence-electron chi connectivity index (χ4n) is 1.38. The van der Waals surface area contributed by atoms with E-state index in [1.807, 2.05) is 0 Å². The molecule has 1 saturated carbocycles. The summed E-state index contributed by atoms with van der Waals surface area (Å²) in [7, 11) is 0. The van der Waals surface area contributed by atoms with Crippen LogP contribution in [-0.4, -0.2) is 18.6 Å². The van der Waals surface area contributed by atoms with E-state index in [4.69, 9.17) is 0 Å². The van der Waals surface area contributed by atoms with Crippen molar-refractivity contribution in [3.05, 3.63) is 0 Å². The molecule has 1 nitrogen and oxygen atoms in total. The molecule has 0 bridgehead atoms. The van der Waals surface area contributed by atoms with Gasteiger partial charge in [-0.2, -0.15) is 0 Å². The van der Waals surface area contributed by atoms with Crippen molar-refractivity contribution in [1.82, 2.24) is 0 Å². The molecule has 0 saturated heterocycles. The van der Waals surface area contributed by atoms with Crippen LogP contribution in [0, 0.1) is 0 Å². The Hall–Kier alpha value is -0.320. The third kappa shape index (κ3) is 3.38. The van der Waals surface area contributed by atoms with Gasteiger partial charge in [0.2, 0.25) is 0 Å². The van der Waals surface area contributed by atoms with Crippen LogP contribution in [0.1, 0.15) is 25.7 Å². The average Bonchev–Trinajstić information content (AvgIpc) is 1.82. The lowest BCUT2D eigenvalue weighted by atomic mass is 9.96. The summed E-state index contributed by atoms with van der Waals surface area (Å²) in [4.78, 5) is 0. The van der Waals surface area contributed by atoms with E-state index in [0.717, 1.165) is 0 Å². The summed E-state index contributed by atoms with van der Waals surface area (Å²) in [5, 5.41) is 0. The molecule has 1 aliphatic rings. The highest BCUT2D eigenvalue weighted by Crippen LogP contribution is 2.28. The van der Waals surface area contributed by atoms with Crippen LogP contribution < -0.4 is 0 Å². The van der Waals surface area contributed by atoms with Crippen molar-refractivity contribution >= 4 is 0 Å². The maximum absolute atomic E-state index is 12.6. The third-order valence-corrected chi connectivity index (χ3v) is 1.86. The fraction of sp³-hybridized carbons (Fsp3) is 1.00. The lowest BCUT2D eigenvalue weighted by Gasteiger charge is -2.25.